The van der Waals surface area contributed by atoms with Gasteiger partial charge in [-0.25, -0.2) is 9.97 Å². The van der Waals surface area contributed by atoms with Crippen LogP contribution >= 0.6 is 11.8 Å². The quantitative estimate of drug-likeness (QED) is 0.621. The van der Waals surface area contributed by atoms with Gasteiger partial charge in [-0.05, 0) is 33.8 Å². The summed E-state index contributed by atoms with van der Waals surface area (Å²) in [6.45, 7) is 7.10. The lowest BCUT2D eigenvalue weighted by Gasteiger charge is -2.22. The van der Waals surface area contributed by atoms with Gasteiger partial charge in [-0.3, -0.25) is 4.79 Å². The van der Waals surface area contributed by atoms with Crippen LogP contribution in [0.3, 0.4) is 0 Å². The Kier molecular flexibility index (Phi) is 5.95. The molecule has 4 nitrogen and oxygen atoms in total. The maximum Gasteiger partial charge on any atom is 0.433 e. The summed E-state index contributed by atoms with van der Waals surface area (Å²) in [4.78, 5) is 20.0. The molecule has 2 rings (SSSR count). The summed E-state index contributed by atoms with van der Waals surface area (Å²) in [5.41, 5.74) is -0.749. The van der Waals surface area contributed by atoms with Crippen molar-refractivity contribution in [3.63, 3.8) is 0 Å². The number of thioether (sulfide) groups is 1. The van der Waals surface area contributed by atoms with Crippen LogP contribution in [0.5, 0.6) is 0 Å². The number of amides is 1. The van der Waals surface area contributed by atoms with Crippen LogP contribution in [0.1, 0.15) is 33.4 Å². The maximum atomic E-state index is 13.2. The molecule has 0 saturated carbocycles. The molecular weight excluding hydrogens is 363 g/mol. The lowest BCUT2D eigenvalue weighted by atomic mass is 10.1. The number of carbonyl (C=O) groups excluding carboxylic acids is 1. The zero-order chi connectivity index (χ0) is 19.5. The van der Waals surface area contributed by atoms with Gasteiger partial charge in [-0.2, -0.15) is 13.2 Å². The number of halogens is 3. The van der Waals surface area contributed by atoms with Gasteiger partial charge in [0, 0.05) is 11.1 Å². The fourth-order valence-corrected chi connectivity index (χ4v) is 2.85. The van der Waals surface area contributed by atoms with Gasteiger partial charge >= 0.3 is 6.18 Å². The number of hydrogen-bond donors (Lipinski definition) is 1. The highest BCUT2D eigenvalue weighted by atomic mass is 32.2. The number of rotatable bonds is 4. The summed E-state index contributed by atoms with van der Waals surface area (Å²) in [7, 11) is 0. The normalized spacial score (nSPS) is 13.3. The van der Waals surface area contributed by atoms with Crippen LogP contribution in [0.25, 0.3) is 11.3 Å². The third-order valence-electron chi connectivity index (χ3n) is 3.22. The molecule has 0 fully saturated rings. The summed E-state index contributed by atoms with van der Waals surface area (Å²) in [6.07, 6.45) is -4.60. The topological polar surface area (TPSA) is 54.9 Å². The first-order valence-corrected chi connectivity index (χ1v) is 8.84. The number of hydrogen-bond acceptors (Lipinski definition) is 4. The minimum Gasteiger partial charge on any atom is -0.351 e. The molecule has 0 aliphatic carbocycles. The van der Waals surface area contributed by atoms with Crippen molar-refractivity contribution in [1.29, 1.82) is 0 Å². The molecule has 0 aliphatic heterocycles. The number of nitrogens with zero attached hydrogens (tertiary/aromatic N) is 2. The molecule has 26 heavy (non-hydrogen) atoms. The van der Waals surface area contributed by atoms with Crippen LogP contribution in [0.4, 0.5) is 13.2 Å². The second kappa shape index (κ2) is 7.65. The van der Waals surface area contributed by atoms with Crippen LogP contribution in [0.2, 0.25) is 0 Å². The summed E-state index contributed by atoms with van der Waals surface area (Å²) >= 11 is 0.897. The molecule has 1 heterocycles. The number of aromatic nitrogens is 2. The SMILES string of the molecule is C[C@H](Sc1nc(-c2ccccc2)cc(C(F)(F)F)n1)C(=O)NC(C)(C)C. The largest absolute Gasteiger partial charge is 0.433 e. The molecule has 1 atom stereocenters. The number of nitrogens with one attached hydrogen (secondary N) is 1. The Bertz CT molecular complexity index is 773. The van der Waals surface area contributed by atoms with Gasteiger partial charge in [0.2, 0.25) is 5.91 Å². The van der Waals surface area contributed by atoms with E-state index < -0.39 is 22.7 Å². The van der Waals surface area contributed by atoms with E-state index in [1.54, 1.807) is 37.3 Å². The van der Waals surface area contributed by atoms with Crippen molar-refractivity contribution < 1.29 is 18.0 Å². The standard InChI is InChI=1S/C18H20F3N3OS/c1-11(15(25)24-17(2,3)4)26-16-22-13(12-8-6-5-7-9-12)10-14(23-16)18(19,20)21/h5-11H,1-4H3,(H,24,25)/t11-/m0/s1. The van der Waals surface area contributed by atoms with E-state index >= 15 is 0 Å². The second-order valence-corrected chi connectivity index (χ2v) is 8.09. The van der Waals surface area contributed by atoms with Gasteiger partial charge in [0.25, 0.3) is 0 Å². The highest BCUT2D eigenvalue weighted by molar-refractivity contribution is 8.00. The predicted octanol–water partition coefficient (Wildman–Crippen LogP) is 4.56. The van der Waals surface area contributed by atoms with Gasteiger partial charge in [-0.1, -0.05) is 42.1 Å². The first-order chi connectivity index (χ1) is 12.0. The minimum absolute atomic E-state index is 0.0877. The molecule has 0 aliphatic rings. The highest BCUT2D eigenvalue weighted by Gasteiger charge is 2.34. The molecule has 1 aromatic heterocycles. The first kappa shape index (κ1) is 20.2. The van der Waals surface area contributed by atoms with Crippen LogP contribution in [-0.2, 0) is 11.0 Å². The van der Waals surface area contributed by atoms with Crippen molar-refractivity contribution in [2.45, 2.75) is 49.8 Å². The third-order valence-corrected chi connectivity index (χ3v) is 4.18. The zero-order valence-corrected chi connectivity index (χ0v) is 15.7. The lowest BCUT2D eigenvalue weighted by Crippen LogP contribution is -2.44. The van der Waals surface area contributed by atoms with E-state index in [1.165, 1.54) is 0 Å². The maximum absolute atomic E-state index is 13.2. The van der Waals surface area contributed by atoms with Crippen molar-refractivity contribution >= 4 is 17.7 Å². The Balaban J connectivity index is 2.34. The zero-order valence-electron chi connectivity index (χ0n) is 14.9. The van der Waals surface area contributed by atoms with Gasteiger partial charge < -0.3 is 5.32 Å². The Morgan fingerprint density at radius 1 is 1.12 bits per heavy atom. The average molecular weight is 383 g/mol. The van der Waals surface area contributed by atoms with E-state index in [4.69, 9.17) is 0 Å². The molecule has 0 unspecified atom stereocenters. The monoisotopic (exact) mass is 383 g/mol. The second-order valence-electron chi connectivity index (χ2n) is 6.78. The molecule has 8 heteroatoms. The number of alkyl halides is 3. The van der Waals surface area contributed by atoms with Crippen LogP contribution in [0.15, 0.2) is 41.6 Å². The van der Waals surface area contributed by atoms with E-state index in [2.05, 4.69) is 15.3 Å². The van der Waals surface area contributed by atoms with Crippen molar-refractivity contribution in [2.75, 3.05) is 0 Å². The molecule has 1 N–H and O–H groups in total. The van der Waals surface area contributed by atoms with E-state index in [0.717, 1.165) is 17.8 Å². The Morgan fingerprint density at radius 2 is 1.73 bits per heavy atom. The van der Waals surface area contributed by atoms with Crippen molar-refractivity contribution in [1.82, 2.24) is 15.3 Å². The molecule has 2 aromatic rings. The van der Waals surface area contributed by atoms with E-state index in [-0.39, 0.29) is 16.8 Å². The average Bonchev–Trinajstić information content (AvgIpc) is 2.53. The van der Waals surface area contributed by atoms with Crippen LogP contribution in [-0.4, -0.2) is 26.7 Å². The molecule has 1 aromatic carbocycles. The summed E-state index contributed by atoms with van der Waals surface area (Å²) < 4.78 is 39.6. The van der Waals surface area contributed by atoms with Crippen molar-refractivity contribution in [3.05, 3.63) is 42.1 Å². The molecule has 1 amide bonds. The van der Waals surface area contributed by atoms with Gasteiger partial charge in [0.05, 0.1) is 10.9 Å². The molecule has 0 bridgehead atoms. The van der Waals surface area contributed by atoms with Gasteiger partial charge in [0.15, 0.2) is 5.16 Å². The van der Waals surface area contributed by atoms with E-state index in [9.17, 15) is 18.0 Å². The van der Waals surface area contributed by atoms with Gasteiger partial charge in [0.1, 0.15) is 5.69 Å². The number of benzene rings is 1. The lowest BCUT2D eigenvalue weighted by molar-refractivity contribution is -0.141. The minimum atomic E-state index is -4.60. The third kappa shape index (κ3) is 5.72. The molecular formula is C18H20F3N3OS. The first-order valence-electron chi connectivity index (χ1n) is 7.96. The Labute approximate surface area is 154 Å². The molecule has 0 saturated heterocycles. The van der Waals surface area contributed by atoms with Crippen molar-refractivity contribution in [2.24, 2.45) is 0 Å². The fraction of sp³-hybridized carbons (Fsp3) is 0.389. The van der Waals surface area contributed by atoms with Crippen LogP contribution in [0, 0.1) is 0 Å². The number of carbonyl (C=O) groups is 1. The molecule has 140 valence electrons. The molecule has 0 spiro atoms. The summed E-state index contributed by atoms with van der Waals surface area (Å²) in [5.74, 6) is -0.287. The Morgan fingerprint density at radius 3 is 2.27 bits per heavy atom. The summed E-state index contributed by atoms with van der Waals surface area (Å²) in [6, 6.07) is 9.47. The smallest absolute Gasteiger partial charge is 0.351 e. The fourth-order valence-electron chi connectivity index (χ4n) is 2.06. The van der Waals surface area contributed by atoms with E-state index in [1.807, 2.05) is 20.8 Å². The summed E-state index contributed by atoms with van der Waals surface area (Å²) in [5, 5.41) is 2.07. The predicted molar refractivity (Wildman–Crippen MR) is 95.7 cm³/mol. The van der Waals surface area contributed by atoms with Gasteiger partial charge in [-0.15, -0.1) is 0 Å². The Hall–Kier alpha value is -2.09. The van der Waals surface area contributed by atoms with E-state index in [0.29, 0.717) is 5.56 Å². The molecule has 0 radical (unpaired) electrons. The van der Waals surface area contributed by atoms with Crippen LogP contribution < -0.4 is 5.32 Å². The highest BCUT2D eigenvalue weighted by Crippen LogP contribution is 2.32. The van der Waals surface area contributed by atoms with Crippen molar-refractivity contribution in [3.8, 4) is 11.3 Å².